The van der Waals surface area contributed by atoms with Crippen LogP contribution in [0.2, 0.25) is 0 Å². The van der Waals surface area contributed by atoms with Crippen LogP contribution in [0.5, 0.6) is 0 Å². The van der Waals surface area contributed by atoms with Crippen LogP contribution in [0.4, 0.5) is 8.78 Å². The van der Waals surface area contributed by atoms with E-state index in [-0.39, 0.29) is 11.1 Å². The van der Waals surface area contributed by atoms with Crippen molar-refractivity contribution in [3.63, 3.8) is 0 Å². The number of hydrogen-bond acceptors (Lipinski definition) is 6. The molecular weight excluding hydrogens is 482 g/mol. The zero-order chi connectivity index (χ0) is 19.7. The van der Waals surface area contributed by atoms with Gasteiger partial charge in [-0.1, -0.05) is 31.9 Å². The maximum atomic E-state index is 12.6. The maximum absolute atomic E-state index is 12.6. The Hall–Kier alpha value is -1.94. The molecule has 2 heterocycles. The van der Waals surface area contributed by atoms with Crippen LogP contribution in [-0.4, -0.2) is 36.1 Å². The number of alkyl halides is 2. The van der Waals surface area contributed by atoms with Crippen LogP contribution >= 0.6 is 31.9 Å². The van der Waals surface area contributed by atoms with Crippen LogP contribution in [0, 0.1) is 11.9 Å². The van der Waals surface area contributed by atoms with E-state index in [1.807, 2.05) is 0 Å². The number of ether oxygens (including phenoxy) is 2. The van der Waals surface area contributed by atoms with E-state index in [4.69, 9.17) is 0 Å². The number of carbonyl (C=O) groups excluding carboxylic acids is 2. The normalized spacial score (nSPS) is 9.77. The van der Waals surface area contributed by atoms with Gasteiger partial charge in [-0.3, -0.25) is 0 Å². The highest BCUT2D eigenvalue weighted by Gasteiger charge is 2.13. The first-order chi connectivity index (χ1) is 12.4. The van der Waals surface area contributed by atoms with Gasteiger partial charge in [-0.15, -0.1) is 0 Å². The highest BCUT2D eigenvalue weighted by atomic mass is 79.9. The molecule has 10 heteroatoms. The number of nitrogens with zero attached hydrogens (tertiary/aromatic N) is 2. The first-order valence-electron chi connectivity index (χ1n) is 6.97. The van der Waals surface area contributed by atoms with E-state index in [9.17, 15) is 18.4 Å². The third-order valence-corrected chi connectivity index (χ3v) is 4.01. The molecule has 2 rings (SSSR count). The Balaban J connectivity index is 0.000000260. The molecule has 140 valence electrons. The molecule has 0 saturated heterocycles. The summed E-state index contributed by atoms with van der Waals surface area (Å²) < 4.78 is 34.2. The van der Waals surface area contributed by atoms with Crippen molar-refractivity contribution >= 4 is 43.8 Å². The third kappa shape index (κ3) is 6.10. The van der Waals surface area contributed by atoms with Crippen LogP contribution in [0.15, 0.2) is 24.3 Å². The Morgan fingerprint density at radius 1 is 0.846 bits per heavy atom. The fourth-order valence-electron chi connectivity index (χ4n) is 1.74. The molecule has 0 aliphatic heterocycles. The van der Waals surface area contributed by atoms with Crippen LogP contribution in [0.3, 0.4) is 0 Å². The lowest BCUT2D eigenvalue weighted by Gasteiger charge is -2.03. The maximum Gasteiger partial charge on any atom is 0.339 e. The van der Waals surface area contributed by atoms with Crippen LogP contribution < -0.4 is 0 Å². The molecule has 0 fully saturated rings. The summed E-state index contributed by atoms with van der Waals surface area (Å²) in [6.07, 6.45) is 0. The molecule has 2 aromatic rings. The second-order valence-corrected chi connectivity index (χ2v) is 5.63. The summed E-state index contributed by atoms with van der Waals surface area (Å²) >= 11 is 6.21. The lowest BCUT2D eigenvalue weighted by molar-refractivity contribution is 0.0590. The van der Waals surface area contributed by atoms with Crippen molar-refractivity contribution in [3.05, 3.63) is 58.7 Å². The fraction of sp³-hybridized carbons (Fsp3) is 0.250. The van der Waals surface area contributed by atoms with E-state index in [0.29, 0.717) is 22.0 Å². The fourth-order valence-corrected chi connectivity index (χ4v) is 2.60. The number of carbonyl (C=O) groups is 2. The van der Waals surface area contributed by atoms with Crippen molar-refractivity contribution in [1.29, 1.82) is 0 Å². The monoisotopic (exact) mass is 494 g/mol. The number of rotatable bonds is 4. The first kappa shape index (κ1) is 22.1. The van der Waals surface area contributed by atoms with Gasteiger partial charge in [-0.25, -0.2) is 19.6 Å². The first-order valence-corrected chi connectivity index (χ1v) is 9.21. The van der Waals surface area contributed by atoms with Gasteiger partial charge < -0.3 is 9.47 Å². The predicted octanol–water partition coefficient (Wildman–Crippen LogP) is 3.80. The Kier molecular flexibility index (Phi) is 9.28. The Morgan fingerprint density at radius 3 is 1.46 bits per heavy atom. The van der Waals surface area contributed by atoms with E-state index in [0.717, 1.165) is 12.1 Å². The molecule has 0 N–H and O–H groups in total. The smallest absolute Gasteiger partial charge is 0.339 e. The Morgan fingerprint density at radius 2 is 1.19 bits per heavy atom. The average Bonchev–Trinajstić information content (AvgIpc) is 2.66. The molecule has 0 spiro atoms. The topological polar surface area (TPSA) is 78.4 Å². The molecule has 0 aliphatic carbocycles. The van der Waals surface area contributed by atoms with Crippen molar-refractivity contribution in [2.24, 2.45) is 0 Å². The highest BCUT2D eigenvalue weighted by molar-refractivity contribution is 9.08. The number of aromatic nitrogens is 2. The second-order valence-electron chi connectivity index (χ2n) is 4.51. The molecule has 6 nitrogen and oxygen atoms in total. The number of methoxy groups -OCH3 is 2. The summed E-state index contributed by atoms with van der Waals surface area (Å²) in [6.45, 7) is 0. The molecule has 0 atom stereocenters. The van der Waals surface area contributed by atoms with Gasteiger partial charge in [0.25, 0.3) is 0 Å². The Bertz CT molecular complexity index is 725. The molecule has 26 heavy (non-hydrogen) atoms. The molecule has 0 radical (unpaired) electrons. The SMILES string of the molecule is COC(=O)c1ccc(F)nc1CBr.COC(=O)c1ccc(F)nc1CBr. The van der Waals surface area contributed by atoms with Gasteiger partial charge >= 0.3 is 11.9 Å². The summed E-state index contributed by atoms with van der Waals surface area (Å²) in [7, 11) is 2.54. The van der Waals surface area contributed by atoms with Crippen molar-refractivity contribution < 1.29 is 27.8 Å². The van der Waals surface area contributed by atoms with Gasteiger partial charge in [0.05, 0.1) is 36.7 Å². The number of hydrogen-bond donors (Lipinski definition) is 0. The van der Waals surface area contributed by atoms with Gasteiger partial charge in [0, 0.05) is 10.7 Å². The quantitative estimate of drug-likeness (QED) is 0.364. The molecule has 0 aliphatic rings. The van der Waals surface area contributed by atoms with Crippen LogP contribution in [0.1, 0.15) is 32.1 Å². The number of pyridine rings is 2. The zero-order valence-corrected chi connectivity index (χ0v) is 16.9. The second kappa shape index (κ2) is 10.9. The number of halogens is 4. The minimum atomic E-state index is -0.609. The van der Waals surface area contributed by atoms with E-state index < -0.39 is 23.8 Å². The van der Waals surface area contributed by atoms with E-state index in [1.165, 1.54) is 26.4 Å². The third-order valence-electron chi connectivity index (χ3n) is 2.94. The predicted molar refractivity (Wildman–Crippen MR) is 96.3 cm³/mol. The Labute approximate surface area is 165 Å². The summed E-state index contributed by atoms with van der Waals surface area (Å²) in [4.78, 5) is 29.3. The van der Waals surface area contributed by atoms with Crippen LogP contribution in [-0.2, 0) is 20.1 Å². The lowest BCUT2D eigenvalue weighted by Crippen LogP contribution is -2.07. The van der Waals surface area contributed by atoms with Gasteiger partial charge in [-0.2, -0.15) is 8.78 Å². The molecule has 0 saturated carbocycles. The summed E-state index contributed by atoms with van der Waals surface area (Å²) in [5, 5.41) is 0.629. The molecular formula is C16H14Br2F2N2O4. The minimum Gasteiger partial charge on any atom is -0.465 e. The zero-order valence-electron chi connectivity index (χ0n) is 13.8. The summed E-state index contributed by atoms with van der Waals surface area (Å²) in [5.74, 6) is -2.24. The average molecular weight is 496 g/mol. The minimum absolute atomic E-state index is 0.278. The number of esters is 2. The van der Waals surface area contributed by atoms with Crippen molar-refractivity contribution in [2.45, 2.75) is 10.7 Å². The summed E-state index contributed by atoms with van der Waals surface area (Å²) in [5.41, 5.74) is 1.24. The van der Waals surface area contributed by atoms with Gasteiger partial charge in [0.1, 0.15) is 0 Å². The highest BCUT2D eigenvalue weighted by Crippen LogP contribution is 2.12. The molecule has 2 aromatic heterocycles. The van der Waals surface area contributed by atoms with Gasteiger partial charge in [0.2, 0.25) is 11.9 Å². The standard InChI is InChI=1S/2C8H7BrFNO2/c2*1-13-8(12)5-2-3-7(10)11-6(5)4-9/h2*2-3H,4H2,1H3. The summed E-state index contributed by atoms with van der Waals surface area (Å²) in [6, 6.07) is 4.95. The molecule has 0 unspecified atom stereocenters. The van der Waals surface area contributed by atoms with Crippen LogP contribution in [0.25, 0.3) is 0 Å². The molecule has 0 amide bonds. The van der Waals surface area contributed by atoms with Gasteiger partial charge in [-0.05, 0) is 24.3 Å². The van der Waals surface area contributed by atoms with E-state index >= 15 is 0 Å². The van der Waals surface area contributed by atoms with E-state index in [2.05, 4.69) is 51.3 Å². The molecule has 0 bridgehead atoms. The van der Waals surface area contributed by atoms with Gasteiger partial charge in [0.15, 0.2) is 0 Å². The van der Waals surface area contributed by atoms with E-state index in [1.54, 1.807) is 0 Å². The van der Waals surface area contributed by atoms with Crippen molar-refractivity contribution in [3.8, 4) is 0 Å². The largest absolute Gasteiger partial charge is 0.465 e. The lowest BCUT2D eigenvalue weighted by atomic mass is 10.2. The van der Waals surface area contributed by atoms with Crippen molar-refractivity contribution in [1.82, 2.24) is 9.97 Å². The van der Waals surface area contributed by atoms with Crippen molar-refractivity contribution in [2.75, 3.05) is 14.2 Å². The molecule has 0 aromatic carbocycles.